The summed E-state index contributed by atoms with van der Waals surface area (Å²) in [5.74, 6) is 3.62. The Morgan fingerprint density at radius 3 is 1.63 bits per heavy atom. The van der Waals surface area contributed by atoms with Gasteiger partial charge in [-0.2, -0.15) is 0 Å². The highest BCUT2D eigenvalue weighted by Gasteiger charge is 2.40. The number of para-hydroxylation sites is 2. The molecular weight excluding hydrogens is 367 g/mol. The van der Waals surface area contributed by atoms with Crippen LogP contribution in [-0.4, -0.2) is 6.71 Å². The Morgan fingerprint density at radius 1 is 0.600 bits per heavy atom. The molecule has 2 nitrogen and oxygen atoms in total. The number of benzene rings is 4. The predicted octanol–water partition coefficient (Wildman–Crippen LogP) is 5.01. The molecule has 0 bridgehead atoms. The topological polar surface area (TPSA) is 18.5 Å². The van der Waals surface area contributed by atoms with E-state index < -0.39 is 0 Å². The van der Waals surface area contributed by atoms with Crippen LogP contribution < -0.4 is 25.9 Å². The Bertz CT molecular complexity index is 1250. The first kappa shape index (κ1) is 17.4. The average molecular weight is 388 g/mol. The van der Waals surface area contributed by atoms with Crippen molar-refractivity contribution in [1.29, 1.82) is 0 Å². The molecule has 2 aliphatic rings. The van der Waals surface area contributed by atoms with Crippen LogP contribution in [0, 0.1) is 20.8 Å². The second-order valence-corrected chi connectivity index (χ2v) is 8.37. The standard InChI is InChI=1S/C27H21BO2/c1-16-12-17(2)26(18(3)13-16)19-14-24-27-25(15-19)30-23-11-7-5-9-21(23)28(27)20-8-4-6-10-22(20)29-24/h4-15H,1-3H3. The number of hydrogen-bond donors (Lipinski definition) is 0. The van der Waals surface area contributed by atoms with E-state index in [0.717, 1.165) is 34.0 Å². The van der Waals surface area contributed by atoms with Gasteiger partial charge in [0.15, 0.2) is 0 Å². The van der Waals surface area contributed by atoms with Gasteiger partial charge >= 0.3 is 0 Å². The molecule has 0 atom stereocenters. The number of aryl methyl sites for hydroxylation is 3. The predicted molar refractivity (Wildman–Crippen MR) is 124 cm³/mol. The van der Waals surface area contributed by atoms with Crippen molar-refractivity contribution in [3.8, 4) is 34.1 Å². The summed E-state index contributed by atoms with van der Waals surface area (Å²) in [5, 5.41) is 0. The van der Waals surface area contributed by atoms with Gasteiger partial charge in [-0.05, 0) is 78.2 Å². The average Bonchev–Trinajstić information content (AvgIpc) is 2.72. The molecule has 0 fully saturated rings. The zero-order chi connectivity index (χ0) is 20.4. The second-order valence-electron chi connectivity index (χ2n) is 8.37. The van der Waals surface area contributed by atoms with E-state index in [1.54, 1.807) is 0 Å². The molecule has 0 aliphatic carbocycles. The third kappa shape index (κ3) is 2.45. The normalized spacial score (nSPS) is 13.0. The third-order valence-electron chi connectivity index (χ3n) is 6.26. The van der Waals surface area contributed by atoms with E-state index in [2.05, 4.69) is 81.4 Å². The molecule has 4 aromatic carbocycles. The fourth-order valence-electron chi connectivity index (χ4n) is 5.17. The van der Waals surface area contributed by atoms with Crippen LogP contribution in [0.15, 0.2) is 72.8 Å². The number of fused-ring (bicyclic) bond motifs is 4. The minimum Gasteiger partial charge on any atom is -0.458 e. The van der Waals surface area contributed by atoms with Crippen LogP contribution in [0.25, 0.3) is 11.1 Å². The van der Waals surface area contributed by atoms with Crippen molar-refractivity contribution in [1.82, 2.24) is 0 Å². The van der Waals surface area contributed by atoms with Crippen LogP contribution in [-0.2, 0) is 0 Å². The van der Waals surface area contributed by atoms with Crippen molar-refractivity contribution >= 4 is 23.1 Å². The molecule has 2 heterocycles. The van der Waals surface area contributed by atoms with Gasteiger partial charge in [0, 0.05) is 5.46 Å². The summed E-state index contributed by atoms with van der Waals surface area (Å²) in [4.78, 5) is 0. The van der Waals surface area contributed by atoms with E-state index in [4.69, 9.17) is 9.47 Å². The molecule has 144 valence electrons. The Morgan fingerprint density at radius 2 is 1.10 bits per heavy atom. The highest BCUT2D eigenvalue weighted by Crippen LogP contribution is 2.39. The summed E-state index contributed by atoms with van der Waals surface area (Å²) in [6, 6.07) is 25.5. The maximum absolute atomic E-state index is 6.42. The lowest BCUT2D eigenvalue weighted by molar-refractivity contribution is 0.465. The van der Waals surface area contributed by atoms with Crippen molar-refractivity contribution in [2.75, 3.05) is 0 Å². The molecule has 0 saturated carbocycles. The Labute approximate surface area is 177 Å². The highest BCUT2D eigenvalue weighted by atomic mass is 16.5. The van der Waals surface area contributed by atoms with Crippen LogP contribution in [0.5, 0.6) is 23.0 Å². The first-order chi connectivity index (χ1) is 14.6. The van der Waals surface area contributed by atoms with Gasteiger partial charge in [-0.1, -0.05) is 54.1 Å². The lowest BCUT2D eigenvalue weighted by atomic mass is 9.35. The van der Waals surface area contributed by atoms with Crippen molar-refractivity contribution in [3.05, 3.63) is 89.5 Å². The van der Waals surface area contributed by atoms with Crippen molar-refractivity contribution in [2.45, 2.75) is 20.8 Å². The molecule has 0 aromatic heterocycles. The van der Waals surface area contributed by atoms with Gasteiger partial charge in [0.25, 0.3) is 6.71 Å². The number of hydrogen-bond acceptors (Lipinski definition) is 2. The van der Waals surface area contributed by atoms with E-state index in [9.17, 15) is 0 Å². The van der Waals surface area contributed by atoms with Gasteiger partial charge in [-0.15, -0.1) is 0 Å². The lowest BCUT2D eigenvalue weighted by Crippen LogP contribution is -2.57. The van der Waals surface area contributed by atoms with E-state index in [1.807, 2.05) is 12.1 Å². The Kier molecular flexibility index (Phi) is 3.64. The van der Waals surface area contributed by atoms with Crippen LogP contribution >= 0.6 is 0 Å². The molecular formula is C27H21BO2. The van der Waals surface area contributed by atoms with Gasteiger partial charge in [-0.3, -0.25) is 0 Å². The fourth-order valence-corrected chi connectivity index (χ4v) is 5.17. The van der Waals surface area contributed by atoms with E-state index in [1.165, 1.54) is 33.2 Å². The molecule has 4 aromatic rings. The van der Waals surface area contributed by atoms with E-state index >= 15 is 0 Å². The second kappa shape index (κ2) is 6.27. The van der Waals surface area contributed by atoms with Crippen LogP contribution in [0.3, 0.4) is 0 Å². The SMILES string of the molecule is Cc1cc(C)c(-c2cc3c4c(c2)Oc2ccccc2B4c2ccccc2O3)c(C)c1. The van der Waals surface area contributed by atoms with Gasteiger partial charge in [0.2, 0.25) is 0 Å². The summed E-state index contributed by atoms with van der Waals surface area (Å²) < 4.78 is 12.8. The molecule has 2 aliphatic heterocycles. The first-order valence-corrected chi connectivity index (χ1v) is 10.4. The monoisotopic (exact) mass is 388 g/mol. The molecule has 3 heteroatoms. The molecule has 0 amide bonds. The van der Waals surface area contributed by atoms with E-state index in [-0.39, 0.29) is 6.71 Å². The van der Waals surface area contributed by atoms with Crippen LogP contribution in [0.2, 0.25) is 0 Å². The maximum Gasteiger partial charge on any atom is 0.260 e. The van der Waals surface area contributed by atoms with Gasteiger partial charge in [0.05, 0.1) is 0 Å². The molecule has 0 saturated heterocycles. The Balaban J connectivity index is 1.63. The molecule has 6 rings (SSSR count). The molecule has 30 heavy (non-hydrogen) atoms. The number of ether oxygens (including phenoxy) is 2. The molecule has 0 unspecified atom stereocenters. The van der Waals surface area contributed by atoms with Crippen molar-refractivity contribution in [3.63, 3.8) is 0 Å². The summed E-state index contributed by atoms with van der Waals surface area (Å²) >= 11 is 0. The number of rotatable bonds is 1. The van der Waals surface area contributed by atoms with Crippen LogP contribution in [0.1, 0.15) is 16.7 Å². The summed E-state index contributed by atoms with van der Waals surface area (Å²) in [7, 11) is 0. The summed E-state index contributed by atoms with van der Waals surface area (Å²) in [5.41, 5.74) is 9.71. The van der Waals surface area contributed by atoms with Crippen molar-refractivity contribution in [2.24, 2.45) is 0 Å². The first-order valence-electron chi connectivity index (χ1n) is 10.4. The fraction of sp³-hybridized carbons (Fsp3) is 0.111. The zero-order valence-corrected chi connectivity index (χ0v) is 17.3. The quantitative estimate of drug-likeness (QED) is 0.369. The van der Waals surface area contributed by atoms with Crippen molar-refractivity contribution < 1.29 is 9.47 Å². The van der Waals surface area contributed by atoms with Gasteiger partial charge < -0.3 is 9.47 Å². The molecule has 0 spiro atoms. The minimum absolute atomic E-state index is 0.124. The maximum atomic E-state index is 6.42. The smallest absolute Gasteiger partial charge is 0.260 e. The Hall–Kier alpha value is -3.46. The summed E-state index contributed by atoms with van der Waals surface area (Å²) in [6.45, 7) is 6.62. The molecule has 0 radical (unpaired) electrons. The summed E-state index contributed by atoms with van der Waals surface area (Å²) in [6.07, 6.45) is 0. The van der Waals surface area contributed by atoms with Crippen LogP contribution in [0.4, 0.5) is 0 Å². The zero-order valence-electron chi connectivity index (χ0n) is 17.3. The van der Waals surface area contributed by atoms with Gasteiger partial charge in [0.1, 0.15) is 23.0 Å². The van der Waals surface area contributed by atoms with Gasteiger partial charge in [-0.25, -0.2) is 0 Å². The largest absolute Gasteiger partial charge is 0.458 e. The van der Waals surface area contributed by atoms with E-state index in [0.29, 0.717) is 0 Å². The highest BCUT2D eigenvalue weighted by molar-refractivity contribution is 6.98. The lowest BCUT2D eigenvalue weighted by Gasteiger charge is -2.33. The third-order valence-corrected chi connectivity index (χ3v) is 6.26. The molecule has 0 N–H and O–H groups in total. The minimum atomic E-state index is 0.124.